The summed E-state index contributed by atoms with van der Waals surface area (Å²) in [6.07, 6.45) is 4.21. The van der Waals surface area contributed by atoms with Crippen molar-refractivity contribution in [2.75, 3.05) is 6.54 Å². The fourth-order valence-electron chi connectivity index (χ4n) is 2.86. The molecule has 4 heteroatoms. The maximum atomic E-state index is 11.8. The Bertz CT molecular complexity index is 345. The molecule has 0 heterocycles. The Morgan fingerprint density at radius 2 is 1.83 bits per heavy atom. The van der Waals surface area contributed by atoms with Crippen LogP contribution in [0.5, 0.6) is 0 Å². The van der Waals surface area contributed by atoms with Gasteiger partial charge >= 0.3 is 5.97 Å². The molecular formula is C14H23NO3. The van der Waals surface area contributed by atoms with Crippen molar-refractivity contribution < 1.29 is 14.7 Å². The van der Waals surface area contributed by atoms with Gasteiger partial charge in [0.15, 0.2) is 0 Å². The van der Waals surface area contributed by atoms with Crippen molar-refractivity contribution in [3.05, 3.63) is 0 Å². The first-order chi connectivity index (χ1) is 8.44. The molecule has 2 aliphatic carbocycles. The lowest BCUT2D eigenvalue weighted by atomic mass is 9.71. The summed E-state index contributed by atoms with van der Waals surface area (Å²) in [5, 5.41) is 12.3. The molecule has 0 radical (unpaired) electrons. The Morgan fingerprint density at radius 3 is 2.28 bits per heavy atom. The number of aliphatic carboxylic acids is 1. The number of rotatable bonds is 4. The molecule has 0 saturated heterocycles. The highest BCUT2D eigenvalue weighted by atomic mass is 16.4. The van der Waals surface area contributed by atoms with E-state index in [4.69, 9.17) is 0 Å². The van der Waals surface area contributed by atoms with Gasteiger partial charge in [-0.3, -0.25) is 9.59 Å². The van der Waals surface area contributed by atoms with E-state index in [2.05, 4.69) is 19.2 Å². The number of carbonyl (C=O) groups excluding carboxylic acids is 1. The molecule has 0 aromatic carbocycles. The third-order valence-corrected chi connectivity index (χ3v) is 4.73. The predicted molar refractivity (Wildman–Crippen MR) is 68.0 cm³/mol. The van der Waals surface area contributed by atoms with Crippen molar-refractivity contribution in [1.29, 1.82) is 0 Å². The van der Waals surface area contributed by atoms with Crippen LogP contribution in [0.3, 0.4) is 0 Å². The number of hydrogen-bond donors (Lipinski definition) is 2. The van der Waals surface area contributed by atoms with E-state index in [-0.39, 0.29) is 11.8 Å². The maximum Gasteiger partial charge on any atom is 0.311 e. The van der Waals surface area contributed by atoms with Crippen molar-refractivity contribution in [1.82, 2.24) is 5.32 Å². The second-order valence-electron chi connectivity index (χ2n) is 6.31. The Kier molecular flexibility index (Phi) is 3.64. The van der Waals surface area contributed by atoms with Gasteiger partial charge in [-0.25, -0.2) is 0 Å². The largest absolute Gasteiger partial charge is 0.481 e. The Hall–Kier alpha value is -1.06. The minimum Gasteiger partial charge on any atom is -0.481 e. The first-order valence-corrected chi connectivity index (χ1v) is 6.96. The number of amides is 1. The number of nitrogens with one attached hydrogen (secondary N) is 1. The third kappa shape index (κ3) is 2.68. The molecule has 0 aromatic heterocycles. The van der Waals surface area contributed by atoms with Gasteiger partial charge in [-0.05, 0) is 43.9 Å². The molecule has 1 amide bonds. The molecule has 2 saturated carbocycles. The van der Waals surface area contributed by atoms with E-state index in [1.807, 2.05) is 0 Å². The topological polar surface area (TPSA) is 66.4 Å². The van der Waals surface area contributed by atoms with Crippen LogP contribution < -0.4 is 5.32 Å². The lowest BCUT2D eigenvalue weighted by molar-refractivity contribution is -0.151. The number of carboxylic acid groups (broad SMARTS) is 1. The lowest BCUT2D eigenvalue weighted by Crippen LogP contribution is -2.45. The first kappa shape index (κ1) is 13.4. The molecule has 2 aliphatic rings. The predicted octanol–water partition coefficient (Wildman–Crippen LogP) is 2.04. The summed E-state index contributed by atoms with van der Waals surface area (Å²) in [6, 6.07) is 0. The van der Waals surface area contributed by atoms with Crippen molar-refractivity contribution in [2.45, 2.75) is 46.0 Å². The first-order valence-electron chi connectivity index (χ1n) is 6.96. The van der Waals surface area contributed by atoms with Crippen LogP contribution in [0.1, 0.15) is 46.0 Å². The van der Waals surface area contributed by atoms with Crippen LogP contribution in [0.4, 0.5) is 0 Å². The second-order valence-corrected chi connectivity index (χ2v) is 6.31. The van der Waals surface area contributed by atoms with E-state index in [0.717, 1.165) is 19.3 Å². The van der Waals surface area contributed by atoms with Gasteiger partial charge in [-0.2, -0.15) is 0 Å². The highest BCUT2D eigenvalue weighted by Gasteiger charge is 2.44. The SMILES string of the molecule is CC1CCC(CNC(=O)C2CC2C)(C(=O)O)CC1. The molecular weight excluding hydrogens is 230 g/mol. The van der Waals surface area contributed by atoms with Gasteiger partial charge < -0.3 is 10.4 Å². The van der Waals surface area contributed by atoms with E-state index in [1.165, 1.54) is 0 Å². The van der Waals surface area contributed by atoms with Crippen LogP contribution in [0.25, 0.3) is 0 Å². The van der Waals surface area contributed by atoms with E-state index >= 15 is 0 Å². The minimum atomic E-state index is -0.751. The van der Waals surface area contributed by atoms with Crippen LogP contribution in [-0.2, 0) is 9.59 Å². The van der Waals surface area contributed by atoms with Crippen molar-refractivity contribution in [3.8, 4) is 0 Å². The van der Waals surface area contributed by atoms with E-state index in [9.17, 15) is 14.7 Å². The van der Waals surface area contributed by atoms with Gasteiger partial charge in [0, 0.05) is 12.5 Å². The van der Waals surface area contributed by atoms with Gasteiger partial charge in [0.2, 0.25) is 5.91 Å². The highest BCUT2D eigenvalue weighted by Crippen LogP contribution is 2.40. The standard InChI is InChI=1S/C14H23NO3/c1-9-3-5-14(6-4-9,13(17)18)8-15-12(16)11-7-10(11)2/h9-11H,3-8H2,1-2H3,(H,15,16)(H,17,18). The molecule has 0 spiro atoms. The molecule has 0 bridgehead atoms. The average Bonchev–Trinajstić information content (AvgIpc) is 3.05. The molecule has 4 nitrogen and oxygen atoms in total. The van der Waals surface area contributed by atoms with Crippen molar-refractivity contribution >= 4 is 11.9 Å². The van der Waals surface area contributed by atoms with Crippen LogP contribution in [-0.4, -0.2) is 23.5 Å². The van der Waals surface area contributed by atoms with Gasteiger partial charge in [-0.1, -0.05) is 13.8 Å². The summed E-state index contributed by atoms with van der Waals surface area (Å²) in [6.45, 7) is 4.52. The van der Waals surface area contributed by atoms with Gasteiger partial charge in [0.25, 0.3) is 0 Å². The Morgan fingerprint density at radius 1 is 1.28 bits per heavy atom. The fraction of sp³-hybridized carbons (Fsp3) is 0.857. The van der Waals surface area contributed by atoms with Crippen LogP contribution in [0, 0.1) is 23.2 Å². The smallest absolute Gasteiger partial charge is 0.311 e. The second kappa shape index (κ2) is 4.90. The van der Waals surface area contributed by atoms with Gasteiger partial charge in [-0.15, -0.1) is 0 Å². The molecule has 2 unspecified atom stereocenters. The molecule has 18 heavy (non-hydrogen) atoms. The van der Waals surface area contributed by atoms with Gasteiger partial charge in [0.05, 0.1) is 5.41 Å². The Balaban J connectivity index is 1.90. The van der Waals surface area contributed by atoms with Crippen molar-refractivity contribution in [2.24, 2.45) is 23.2 Å². The average molecular weight is 253 g/mol. The fourth-order valence-corrected chi connectivity index (χ4v) is 2.86. The van der Waals surface area contributed by atoms with Crippen LogP contribution in [0.2, 0.25) is 0 Å². The van der Waals surface area contributed by atoms with Gasteiger partial charge in [0.1, 0.15) is 0 Å². The highest BCUT2D eigenvalue weighted by molar-refractivity contribution is 5.82. The maximum absolute atomic E-state index is 11.8. The van der Waals surface area contributed by atoms with Crippen molar-refractivity contribution in [3.63, 3.8) is 0 Å². The zero-order chi connectivity index (χ0) is 13.3. The summed E-state index contributed by atoms with van der Waals surface area (Å²) < 4.78 is 0. The molecule has 0 aromatic rings. The molecule has 2 fully saturated rings. The normalized spacial score (nSPS) is 39.1. The third-order valence-electron chi connectivity index (χ3n) is 4.73. The summed E-state index contributed by atoms with van der Waals surface area (Å²) >= 11 is 0. The Labute approximate surface area is 108 Å². The van der Waals surface area contributed by atoms with E-state index in [1.54, 1.807) is 0 Å². The monoisotopic (exact) mass is 253 g/mol. The molecule has 2 N–H and O–H groups in total. The number of carboxylic acids is 1. The summed E-state index contributed by atoms with van der Waals surface area (Å²) in [5.41, 5.74) is -0.722. The summed E-state index contributed by atoms with van der Waals surface area (Å²) in [7, 11) is 0. The molecule has 2 atom stereocenters. The van der Waals surface area contributed by atoms with E-state index in [0.29, 0.717) is 31.2 Å². The zero-order valence-electron chi connectivity index (χ0n) is 11.2. The minimum absolute atomic E-state index is 0.0433. The number of carbonyl (C=O) groups is 2. The van der Waals surface area contributed by atoms with Crippen LogP contribution >= 0.6 is 0 Å². The summed E-state index contributed by atoms with van der Waals surface area (Å²) in [5.74, 6) is 0.493. The van der Waals surface area contributed by atoms with E-state index < -0.39 is 11.4 Å². The zero-order valence-corrected chi connectivity index (χ0v) is 11.2. The number of hydrogen-bond acceptors (Lipinski definition) is 2. The molecule has 0 aliphatic heterocycles. The quantitative estimate of drug-likeness (QED) is 0.805. The molecule has 102 valence electrons. The van der Waals surface area contributed by atoms with Crippen LogP contribution in [0.15, 0.2) is 0 Å². The summed E-state index contributed by atoms with van der Waals surface area (Å²) in [4.78, 5) is 23.3. The molecule has 2 rings (SSSR count). The lowest BCUT2D eigenvalue weighted by Gasteiger charge is -2.35.